The van der Waals surface area contributed by atoms with E-state index >= 15 is 0 Å². The van der Waals surface area contributed by atoms with Crippen LogP contribution in [0, 0.1) is 0 Å². The van der Waals surface area contributed by atoms with Crippen LogP contribution in [0.15, 0.2) is 48.6 Å². The number of carbonyl (C=O) groups excluding carboxylic acids is 2. The molecule has 0 aromatic heterocycles. The summed E-state index contributed by atoms with van der Waals surface area (Å²) >= 11 is 0. The maximum absolute atomic E-state index is 11.6. The van der Waals surface area contributed by atoms with E-state index in [4.69, 9.17) is 29.2 Å². The molecule has 0 radical (unpaired) electrons. The quantitative estimate of drug-likeness (QED) is 0.0488. The Bertz CT molecular complexity index is 1400. The number of β-amino-alcohol motifs (C(OH)–C–C–N with tert-alkyl or cyclic N) is 2. The number of benzene rings is 2. The monoisotopic (exact) mass is 790 g/mol. The number of aliphatic hydroxyl groups is 2. The topological polar surface area (TPSA) is 210 Å². The molecular weight excluding hydrogens is 724 g/mol. The number of ether oxygens (including phenoxy) is 4. The van der Waals surface area contributed by atoms with E-state index in [2.05, 4.69) is 10.6 Å². The zero-order valence-electron chi connectivity index (χ0n) is 34.9. The smallest absolute Gasteiger partial charge is 0.328 e. The normalized spacial score (nSPS) is 12.4. The first-order valence-electron chi connectivity index (χ1n) is 18.8. The Morgan fingerprint density at radius 3 is 1.25 bits per heavy atom. The Balaban J connectivity index is 0.000000905. The summed E-state index contributed by atoms with van der Waals surface area (Å²) in [6.45, 7) is 22.8. The second kappa shape index (κ2) is 27.4. The molecule has 14 heteroatoms. The second-order valence-electron chi connectivity index (χ2n) is 15.1. The number of carboxylic acids is 2. The zero-order chi connectivity index (χ0) is 42.9. The number of aliphatic hydroxyl groups excluding tert-OH is 2. The van der Waals surface area contributed by atoms with Gasteiger partial charge in [0, 0.05) is 71.8 Å². The van der Waals surface area contributed by atoms with Crippen LogP contribution in [0.5, 0.6) is 11.5 Å². The highest BCUT2D eigenvalue weighted by atomic mass is 16.5. The zero-order valence-corrected chi connectivity index (χ0v) is 34.9. The van der Waals surface area contributed by atoms with Crippen molar-refractivity contribution in [3.05, 3.63) is 70.8 Å². The van der Waals surface area contributed by atoms with Crippen LogP contribution in [-0.4, -0.2) is 107 Å². The number of carbonyl (C=O) groups is 4. The summed E-state index contributed by atoms with van der Waals surface area (Å²) in [5.41, 5.74) is 2.81. The molecule has 56 heavy (non-hydrogen) atoms. The first-order chi connectivity index (χ1) is 26.1. The molecule has 2 aromatic carbocycles. The first-order valence-corrected chi connectivity index (χ1v) is 18.8. The second-order valence-corrected chi connectivity index (χ2v) is 15.1. The van der Waals surface area contributed by atoms with Crippen LogP contribution in [0.3, 0.4) is 0 Å². The van der Waals surface area contributed by atoms with Gasteiger partial charge in [0.2, 0.25) is 0 Å². The van der Waals surface area contributed by atoms with Crippen molar-refractivity contribution in [3.63, 3.8) is 0 Å². The molecule has 2 rings (SSSR count). The number of rotatable bonds is 22. The summed E-state index contributed by atoms with van der Waals surface area (Å²) in [6.07, 6.45) is 1.76. The van der Waals surface area contributed by atoms with Crippen molar-refractivity contribution in [2.24, 2.45) is 0 Å². The lowest BCUT2D eigenvalue weighted by Gasteiger charge is -2.23. The minimum absolute atomic E-state index is 0.00713. The van der Waals surface area contributed by atoms with Gasteiger partial charge in [-0.15, -0.1) is 0 Å². The van der Waals surface area contributed by atoms with E-state index in [-0.39, 0.29) is 35.9 Å². The molecule has 0 amide bonds. The van der Waals surface area contributed by atoms with Crippen molar-refractivity contribution in [3.8, 4) is 11.5 Å². The fourth-order valence-corrected chi connectivity index (χ4v) is 4.24. The Morgan fingerprint density at radius 1 is 0.643 bits per heavy atom. The summed E-state index contributed by atoms with van der Waals surface area (Å²) in [4.78, 5) is 42.2. The molecule has 0 spiro atoms. The number of hydrogen-bond acceptors (Lipinski definition) is 12. The minimum atomic E-state index is -1.26. The van der Waals surface area contributed by atoms with E-state index in [1.54, 1.807) is 36.4 Å². The molecule has 0 aliphatic heterocycles. The molecule has 0 saturated carbocycles. The van der Waals surface area contributed by atoms with Gasteiger partial charge >= 0.3 is 11.9 Å². The molecule has 316 valence electrons. The molecule has 2 aromatic rings. The van der Waals surface area contributed by atoms with Crippen LogP contribution in [0.1, 0.15) is 114 Å². The van der Waals surface area contributed by atoms with Gasteiger partial charge in [0.05, 0.1) is 13.2 Å². The highest BCUT2D eigenvalue weighted by Gasteiger charge is 2.16. The molecule has 2 unspecified atom stereocenters. The van der Waals surface area contributed by atoms with Crippen LogP contribution in [0.4, 0.5) is 0 Å². The van der Waals surface area contributed by atoms with E-state index in [1.165, 1.54) is 13.8 Å². The number of nitrogens with one attached hydrogen (secondary N) is 2. The van der Waals surface area contributed by atoms with Gasteiger partial charge in [-0.1, -0.05) is 13.8 Å². The molecule has 0 heterocycles. The van der Waals surface area contributed by atoms with Crippen molar-refractivity contribution in [2.75, 3.05) is 39.5 Å². The molecule has 0 fully saturated rings. The number of ketones is 2. The molecule has 0 saturated heterocycles. The maximum Gasteiger partial charge on any atom is 0.328 e. The van der Waals surface area contributed by atoms with Gasteiger partial charge in [-0.05, 0) is 105 Å². The lowest BCUT2D eigenvalue weighted by atomic mass is 10.1. The largest absolute Gasteiger partial charge is 0.490 e. The van der Waals surface area contributed by atoms with E-state index < -0.39 is 24.1 Å². The van der Waals surface area contributed by atoms with Gasteiger partial charge in [0.15, 0.2) is 11.6 Å². The van der Waals surface area contributed by atoms with Crippen LogP contribution >= 0.6 is 0 Å². The van der Waals surface area contributed by atoms with Crippen LogP contribution in [0.25, 0.3) is 0 Å². The lowest BCUT2D eigenvalue weighted by molar-refractivity contribution is -0.134. The average Bonchev–Trinajstić information content (AvgIpc) is 3.11. The summed E-state index contributed by atoms with van der Waals surface area (Å²) < 4.78 is 22.7. The minimum Gasteiger partial charge on any atom is -0.490 e. The molecule has 0 bridgehead atoms. The van der Waals surface area contributed by atoms with E-state index in [0.717, 1.165) is 24.0 Å². The Kier molecular flexibility index (Phi) is 25.4. The third-order valence-electron chi connectivity index (χ3n) is 7.11. The summed E-state index contributed by atoms with van der Waals surface area (Å²) in [6, 6.07) is 10.6. The summed E-state index contributed by atoms with van der Waals surface area (Å²) in [5.74, 6) is -1.21. The van der Waals surface area contributed by atoms with Gasteiger partial charge in [-0.25, -0.2) is 9.59 Å². The maximum atomic E-state index is 11.6. The Morgan fingerprint density at radius 2 is 0.982 bits per heavy atom. The fourth-order valence-electron chi connectivity index (χ4n) is 4.24. The predicted molar refractivity (Wildman–Crippen MR) is 216 cm³/mol. The molecule has 0 aliphatic rings. The fraction of sp³-hybridized carbons (Fsp3) is 0.571. The third kappa shape index (κ3) is 26.6. The molecule has 2 atom stereocenters. The van der Waals surface area contributed by atoms with Crippen molar-refractivity contribution in [2.45, 2.75) is 119 Å². The first kappa shape index (κ1) is 51.8. The molecular formula is C42H66N2O12. The van der Waals surface area contributed by atoms with Crippen molar-refractivity contribution in [1.82, 2.24) is 10.6 Å². The Hall–Kier alpha value is -4.18. The van der Waals surface area contributed by atoms with Gasteiger partial charge in [0.25, 0.3) is 0 Å². The molecule has 6 N–H and O–H groups in total. The van der Waals surface area contributed by atoms with Crippen LogP contribution in [0.2, 0.25) is 0 Å². The predicted octanol–water partition coefficient (Wildman–Crippen LogP) is 5.60. The highest BCUT2D eigenvalue weighted by molar-refractivity contribution is 5.95. The highest BCUT2D eigenvalue weighted by Crippen LogP contribution is 2.23. The lowest BCUT2D eigenvalue weighted by Crippen LogP contribution is -2.42. The van der Waals surface area contributed by atoms with Crippen molar-refractivity contribution < 1.29 is 58.6 Å². The molecule has 0 aliphatic carbocycles. The van der Waals surface area contributed by atoms with E-state index in [9.17, 15) is 29.4 Å². The number of aliphatic carboxylic acids is 2. The van der Waals surface area contributed by atoms with Gasteiger partial charge in [0.1, 0.15) is 36.9 Å². The van der Waals surface area contributed by atoms with Gasteiger partial charge in [-0.3, -0.25) is 9.59 Å². The Labute approximate surface area is 332 Å². The van der Waals surface area contributed by atoms with E-state index in [1.807, 2.05) is 55.4 Å². The SMILES string of the molecule is CCCOCc1cc(C(C)=O)ccc1OCC(O)CNC(C)(C)C.CCCOCc1cc(C(C)=O)ccc1OCC(O)CNC(C)(C)C.O=C(O)/C=C/C(=O)O. The van der Waals surface area contributed by atoms with Crippen molar-refractivity contribution >= 4 is 23.5 Å². The van der Waals surface area contributed by atoms with Gasteiger partial charge in [-0.2, -0.15) is 0 Å². The summed E-state index contributed by atoms with van der Waals surface area (Å²) in [5, 5.41) is 42.2. The van der Waals surface area contributed by atoms with Crippen molar-refractivity contribution in [1.29, 1.82) is 0 Å². The number of Topliss-reactive ketones (excluding diaryl/α,β-unsaturated/α-hetero) is 2. The standard InChI is InChI=1S/2C19H31NO4.C4H4O4/c2*1-6-9-23-12-16-10-15(14(2)21)7-8-18(16)24-13-17(22)11-20-19(3,4)5;5-3(6)1-2-4(7)8/h2*7-8,10,17,20,22H,6,9,11-13H2,1-5H3;1-2H,(H,5,6)(H,7,8)/b;;2-1+. The summed E-state index contributed by atoms with van der Waals surface area (Å²) in [7, 11) is 0. The van der Waals surface area contributed by atoms with Gasteiger partial charge < -0.3 is 50.0 Å². The van der Waals surface area contributed by atoms with E-state index in [0.29, 0.717) is 74.3 Å². The molecule has 14 nitrogen and oxygen atoms in total. The van der Waals surface area contributed by atoms with Crippen LogP contribution < -0.4 is 20.1 Å². The van der Waals surface area contributed by atoms with Crippen LogP contribution in [-0.2, 0) is 32.3 Å². The number of hydrogen-bond donors (Lipinski definition) is 6. The average molecular weight is 791 g/mol. The number of carboxylic acid groups (broad SMARTS) is 2. The third-order valence-corrected chi connectivity index (χ3v) is 7.11.